The number of ether oxygens (including phenoxy) is 1. The van der Waals surface area contributed by atoms with Gasteiger partial charge in [0.25, 0.3) is 5.91 Å². The molecule has 1 aliphatic carbocycles. The monoisotopic (exact) mass is 475 g/mol. The van der Waals surface area contributed by atoms with Gasteiger partial charge in [0.05, 0.1) is 6.61 Å². The molecule has 0 spiro atoms. The smallest absolute Gasteiger partial charge is 0.277 e. The number of anilines is 1. The summed E-state index contributed by atoms with van der Waals surface area (Å²) < 4.78 is 19.7. The summed E-state index contributed by atoms with van der Waals surface area (Å²) in [6, 6.07) is 16.8. The van der Waals surface area contributed by atoms with Crippen molar-refractivity contribution in [1.29, 1.82) is 0 Å². The van der Waals surface area contributed by atoms with Crippen molar-refractivity contribution in [3.8, 4) is 5.75 Å². The number of halogens is 1. The topological polar surface area (TPSA) is 71.5 Å². The Bertz CT molecular complexity index is 1130. The molecule has 0 radical (unpaired) electrons. The third-order valence-corrected chi connectivity index (χ3v) is 6.18. The van der Waals surface area contributed by atoms with E-state index < -0.39 is 17.8 Å². The third kappa shape index (κ3) is 5.85. The molecule has 1 aliphatic rings. The van der Waals surface area contributed by atoms with Crippen molar-refractivity contribution in [2.75, 3.05) is 11.5 Å². The predicted molar refractivity (Wildman–Crippen MR) is 133 cm³/mol. The van der Waals surface area contributed by atoms with E-state index in [2.05, 4.69) is 10.3 Å². The van der Waals surface area contributed by atoms with Gasteiger partial charge in [-0.15, -0.1) is 0 Å². The highest BCUT2D eigenvalue weighted by atomic mass is 19.1. The van der Waals surface area contributed by atoms with E-state index in [1.54, 1.807) is 30.3 Å². The normalized spacial score (nSPS) is 14.7. The minimum Gasteiger partial charge on any atom is -0.493 e. The summed E-state index contributed by atoms with van der Waals surface area (Å²) in [5.74, 6) is -0.693. The molecule has 3 aromatic rings. The van der Waals surface area contributed by atoms with Crippen molar-refractivity contribution in [1.82, 2.24) is 10.3 Å². The highest BCUT2D eigenvalue weighted by molar-refractivity contribution is 6.09. The van der Waals surface area contributed by atoms with Crippen molar-refractivity contribution in [2.24, 2.45) is 0 Å². The molecule has 1 heterocycles. The van der Waals surface area contributed by atoms with E-state index in [1.807, 2.05) is 19.1 Å². The van der Waals surface area contributed by atoms with Gasteiger partial charge in [-0.1, -0.05) is 43.5 Å². The van der Waals surface area contributed by atoms with Gasteiger partial charge in [0.2, 0.25) is 5.91 Å². The van der Waals surface area contributed by atoms with Gasteiger partial charge in [0, 0.05) is 23.5 Å². The molecular formula is C28H30FN3O3. The number of hydrogen-bond donors (Lipinski definition) is 1. The van der Waals surface area contributed by atoms with Crippen LogP contribution in [0, 0.1) is 5.82 Å². The maximum Gasteiger partial charge on any atom is 0.277 e. The van der Waals surface area contributed by atoms with Crippen LogP contribution in [0.15, 0.2) is 72.9 Å². The minimum atomic E-state index is -1.04. The van der Waals surface area contributed by atoms with E-state index in [-0.39, 0.29) is 17.6 Å². The standard InChI is InChI=1S/C28H30FN3O3/c1-2-35-25-14-7-6-12-23(25)26(27(33)31-21-10-4-3-5-11-21)32(22-17-15-20(29)16-18-22)28(34)24-13-8-9-19-30-24/h6-9,12-19,21,26H,2-5,10-11H2,1H3,(H,31,33)/t26-/m1/s1. The van der Waals surface area contributed by atoms with Crippen molar-refractivity contribution < 1.29 is 18.7 Å². The van der Waals surface area contributed by atoms with Crippen LogP contribution >= 0.6 is 0 Å². The fourth-order valence-electron chi connectivity index (χ4n) is 4.52. The SMILES string of the molecule is CCOc1ccccc1[C@H](C(=O)NC1CCCCC1)N(C(=O)c1ccccn1)c1ccc(F)cc1. The number of hydrogen-bond acceptors (Lipinski definition) is 4. The van der Waals surface area contributed by atoms with Crippen LogP contribution in [-0.2, 0) is 4.79 Å². The number of rotatable bonds is 8. The van der Waals surface area contributed by atoms with Crippen LogP contribution in [0.1, 0.15) is 61.1 Å². The van der Waals surface area contributed by atoms with Crippen LogP contribution in [0.2, 0.25) is 0 Å². The number of carbonyl (C=O) groups is 2. The van der Waals surface area contributed by atoms with E-state index >= 15 is 0 Å². The Balaban J connectivity index is 1.84. The summed E-state index contributed by atoms with van der Waals surface area (Å²) in [6.07, 6.45) is 6.59. The molecule has 1 atom stereocenters. The molecule has 0 saturated heterocycles. The maximum absolute atomic E-state index is 13.9. The van der Waals surface area contributed by atoms with Crippen LogP contribution in [0.25, 0.3) is 0 Å². The molecule has 1 aromatic heterocycles. The summed E-state index contributed by atoms with van der Waals surface area (Å²) in [5, 5.41) is 3.17. The molecule has 0 aliphatic heterocycles. The van der Waals surface area contributed by atoms with Gasteiger partial charge in [-0.25, -0.2) is 4.39 Å². The van der Waals surface area contributed by atoms with E-state index in [1.165, 1.54) is 35.4 Å². The zero-order chi connectivity index (χ0) is 24.6. The third-order valence-electron chi connectivity index (χ3n) is 6.18. The number of carbonyl (C=O) groups excluding carboxylic acids is 2. The second kappa shape index (κ2) is 11.6. The van der Waals surface area contributed by atoms with Crippen molar-refractivity contribution in [2.45, 2.75) is 51.1 Å². The van der Waals surface area contributed by atoms with Gasteiger partial charge >= 0.3 is 0 Å². The van der Waals surface area contributed by atoms with Crippen LogP contribution in [0.3, 0.4) is 0 Å². The van der Waals surface area contributed by atoms with Crippen LogP contribution < -0.4 is 15.0 Å². The first-order valence-electron chi connectivity index (χ1n) is 12.1. The summed E-state index contributed by atoms with van der Waals surface area (Å²) in [6.45, 7) is 2.27. The Morgan fingerprint density at radius 2 is 1.74 bits per heavy atom. The maximum atomic E-state index is 13.9. The van der Waals surface area contributed by atoms with Gasteiger partial charge in [0.15, 0.2) is 0 Å². The van der Waals surface area contributed by atoms with Crippen molar-refractivity contribution in [3.63, 3.8) is 0 Å². The number of pyridine rings is 1. The average molecular weight is 476 g/mol. The molecule has 6 nitrogen and oxygen atoms in total. The highest BCUT2D eigenvalue weighted by Gasteiger charge is 2.36. The number of para-hydroxylation sites is 1. The Morgan fingerprint density at radius 1 is 1.03 bits per heavy atom. The lowest BCUT2D eigenvalue weighted by Crippen LogP contribution is -2.47. The first kappa shape index (κ1) is 24.4. The molecule has 1 saturated carbocycles. The van der Waals surface area contributed by atoms with E-state index in [0.29, 0.717) is 23.6 Å². The van der Waals surface area contributed by atoms with Crippen LogP contribution in [0.5, 0.6) is 5.75 Å². The van der Waals surface area contributed by atoms with Crippen molar-refractivity contribution in [3.05, 3.63) is 90.0 Å². The zero-order valence-corrected chi connectivity index (χ0v) is 19.8. The Kier molecular flexibility index (Phi) is 8.08. The fourth-order valence-corrected chi connectivity index (χ4v) is 4.52. The Morgan fingerprint density at radius 3 is 2.43 bits per heavy atom. The number of benzene rings is 2. The van der Waals surface area contributed by atoms with Crippen LogP contribution in [0.4, 0.5) is 10.1 Å². The second-order valence-electron chi connectivity index (χ2n) is 8.58. The zero-order valence-electron chi connectivity index (χ0n) is 19.8. The molecule has 2 amide bonds. The van der Waals surface area contributed by atoms with Gasteiger partial charge in [0.1, 0.15) is 23.3 Å². The molecule has 0 bridgehead atoms. The van der Waals surface area contributed by atoms with Gasteiger partial charge in [-0.05, 0) is 62.2 Å². The van der Waals surface area contributed by atoms with E-state index in [9.17, 15) is 14.0 Å². The number of nitrogens with one attached hydrogen (secondary N) is 1. The summed E-state index contributed by atoms with van der Waals surface area (Å²) in [7, 11) is 0. The molecule has 0 unspecified atom stereocenters. The van der Waals surface area contributed by atoms with Gasteiger partial charge in [-0.3, -0.25) is 19.5 Å². The van der Waals surface area contributed by atoms with Crippen molar-refractivity contribution >= 4 is 17.5 Å². The molecular weight excluding hydrogens is 445 g/mol. The predicted octanol–water partition coefficient (Wildman–Crippen LogP) is 5.46. The molecule has 7 heteroatoms. The second-order valence-corrected chi connectivity index (χ2v) is 8.58. The first-order chi connectivity index (χ1) is 17.1. The molecule has 182 valence electrons. The summed E-state index contributed by atoms with van der Waals surface area (Å²) >= 11 is 0. The summed E-state index contributed by atoms with van der Waals surface area (Å²) in [4.78, 5) is 33.4. The Hall–Kier alpha value is -3.74. The molecule has 1 fully saturated rings. The molecule has 35 heavy (non-hydrogen) atoms. The van der Waals surface area contributed by atoms with E-state index in [0.717, 1.165) is 32.1 Å². The lowest BCUT2D eigenvalue weighted by molar-refractivity contribution is -0.123. The van der Waals surface area contributed by atoms with E-state index in [4.69, 9.17) is 4.74 Å². The average Bonchev–Trinajstić information content (AvgIpc) is 2.89. The lowest BCUT2D eigenvalue weighted by atomic mass is 9.94. The molecule has 2 aromatic carbocycles. The largest absolute Gasteiger partial charge is 0.493 e. The van der Waals surface area contributed by atoms with Gasteiger partial charge in [-0.2, -0.15) is 0 Å². The summed E-state index contributed by atoms with van der Waals surface area (Å²) in [5.41, 5.74) is 1.12. The molecule has 1 N–H and O–H groups in total. The van der Waals surface area contributed by atoms with Crippen LogP contribution in [-0.4, -0.2) is 29.4 Å². The fraction of sp³-hybridized carbons (Fsp3) is 0.321. The quantitative estimate of drug-likeness (QED) is 0.470. The first-order valence-corrected chi connectivity index (χ1v) is 12.1. The Labute approximate surface area is 205 Å². The highest BCUT2D eigenvalue weighted by Crippen LogP contribution is 2.35. The number of amides is 2. The number of aromatic nitrogens is 1. The number of nitrogens with zero attached hydrogens (tertiary/aromatic N) is 2. The minimum absolute atomic E-state index is 0.0398. The lowest BCUT2D eigenvalue weighted by Gasteiger charge is -2.34. The molecule has 4 rings (SSSR count). The van der Waals surface area contributed by atoms with Gasteiger partial charge < -0.3 is 10.1 Å².